The number of nitrogens with two attached hydrogens (primary N) is 1. The largest absolute Gasteiger partial charge is 0.494 e. The Labute approximate surface area is 110 Å². The van der Waals surface area contributed by atoms with Gasteiger partial charge in [0.1, 0.15) is 0 Å². The van der Waals surface area contributed by atoms with Gasteiger partial charge >= 0.3 is 0 Å². The van der Waals surface area contributed by atoms with Crippen molar-refractivity contribution in [1.29, 1.82) is 0 Å². The van der Waals surface area contributed by atoms with Crippen LogP contribution in [-0.2, 0) is 6.42 Å². The first-order valence-corrected chi connectivity index (χ1v) is 6.65. The fraction of sp³-hybridized carbons (Fsp3) is 0.286. The maximum atomic E-state index is 13.3. The molecular weight excluding hydrogens is 249 g/mol. The van der Waals surface area contributed by atoms with E-state index in [0.29, 0.717) is 0 Å². The average molecular weight is 265 g/mol. The van der Waals surface area contributed by atoms with Gasteiger partial charge < -0.3 is 10.5 Å². The van der Waals surface area contributed by atoms with Crippen molar-refractivity contribution in [1.82, 2.24) is 0 Å². The maximum absolute atomic E-state index is 13.3. The molecular formula is C14H16FNOS. The molecule has 1 aromatic carbocycles. The molecule has 2 aromatic rings. The molecule has 0 radical (unpaired) electrons. The second kappa shape index (κ2) is 5.50. The molecule has 0 saturated heterocycles. The molecule has 0 spiro atoms. The summed E-state index contributed by atoms with van der Waals surface area (Å²) < 4.78 is 18.3. The summed E-state index contributed by atoms with van der Waals surface area (Å²) in [7, 11) is 1.45. The van der Waals surface area contributed by atoms with Gasteiger partial charge in [0.15, 0.2) is 11.6 Å². The van der Waals surface area contributed by atoms with Crippen LogP contribution in [0.15, 0.2) is 30.3 Å². The molecule has 4 heteroatoms. The quantitative estimate of drug-likeness (QED) is 0.918. The van der Waals surface area contributed by atoms with Gasteiger partial charge in [-0.25, -0.2) is 4.39 Å². The summed E-state index contributed by atoms with van der Waals surface area (Å²) in [6.07, 6.45) is 1.00. The van der Waals surface area contributed by atoms with Crippen LogP contribution >= 0.6 is 11.3 Å². The molecule has 2 N–H and O–H groups in total. The Hall–Kier alpha value is -1.39. The third-order valence-electron chi connectivity index (χ3n) is 2.87. The van der Waals surface area contributed by atoms with Crippen molar-refractivity contribution in [3.8, 4) is 5.75 Å². The third kappa shape index (κ3) is 2.54. The number of thiophene rings is 1. The minimum Gasteiger partial charge on any atom is -0.494 e. The standard InChI is InChI=1S/C14H16FNOS/c1-3-10-5-7-13(18-10)14(16)9-4-6-11(15)12(8-9)17-2/h4-8,14H,3,16H2,1-2H3. The summed E-state index contributed by atoms with van der Waals surface area (Å²) in [6, 6.07) is 8.64. The summed E-state index contributed by atoms with van der Waals surface area (Å²) in [5.41, 5.74) is 7.05. The first kappa shape index (κ1) is 13.1. The molecule has 18 heavy (non-hydrogen) atoms. The van der Waals surface area contributed by atoms with E-state index in [4.69, 9.17) is 10.5 Å². The van der Waals surface area contributed by atoms with E-state index in [2.05, 4.69) is 13.0 Å². The van der Waals surface area contributed by atoms with Gasteiger partial charge in [0.2, 0.25) is 0 Å². The summed E-state index contributed by atoms with van der Waals surface area (Å²) in [4.78, 5) is 2.38. The third-order valence-corrected chi connectivity index (χ3v) is 4.18. The van der Waals surface area contributed by atoms with E-state index in [-0.39, 0.29) is 17.6 Å². The monoisotopic (exact) mass is 265 g/mol. The van der Waals surface area contributed by atoms with Gasteiger partial charge in [0, 0.05) is 9.75 Å². The number of hydrogen-bond donors (Lipinski definition) is 1. The van der Waals surface area contributed by atoms with Gasteiger partial charge in [0.25, 0.3) is 0 Å². The van der Waals surface area contributed by atoms with E-state index in [1.54, 1.807) is 23.5 Å². The van der Waals surface area contributed by atoms with Crippen LogP contribution in [-0.4, -0.2) is 7.11 Å². The van der Waals surface area contributed by atoms with Crippen molar-refractivity contribution in [2.24, 2.45) is 5.73 Å². The summed E-state index contributed by atoms with van der Waals surface area (Å²) in [5.74, 6) is -0.135. The lowest BCUT2D eigenvalue weighted by atomic mass is 10.1. The van der Waals surface area contributed by atoms with Gasteiger partial charge in [-0.15, -0.1) is 11.3 Å². The van der Waals surface area contributed by atoms with E-state index < -0.39 is 0 Å². The average Bonchev–Trinajstić information content (AvgIpc) is 2.87. The predicted octanol–water partition coefficient (Wildman–Crippen LogP) is 3.51. The van der Waals surface area contributed by atoms with E-state index in [1.807, 2.05) is 6.07 Å². The first-order valence-electron chi connectivity index (χ1n) is 5.83. The van der Waals surface area contributed by atoms with Crippen molar-refractivity contribution in [3.05, 3.63) is 51.5 Å². The lowest BCUT2D eigenvalue weighted by Crippen LogP contribution is -2.10. The summed E-state index contributed by atoms with van der Waals surface area (Å²) in [6.45, 7) is 2.11. The highest BCUT2D eigenvalue weighted by atomic mass is 32.1. The van der Waals surface area contributed by atoms with Crippen molar-refractivity contribution in [3.63, 3.8) is 0 Å². The summed E-state index contributed by atoms with van der Waals surface area (Å²) in [5, 5.41) is 0. The van der Waals surface area contributed by atoms with Crippen LogP contribution in [0.3, 0.4) is 0 Å². The van der Waals surface area contributed by atoms with E-state index in [1.165, 1.54) is 18.1 Å². The highest BCUT2D eigenvalue weighted by molar-refractivity contribution is 7.12. The zero-order valence-electron chi connectivity index (χ0n) is 10.4. The highest BCUT2D eigenvalue weighted by Gasteiger charge is 2.13. The zero-order valence-corrected chi connectivity index (χ0v) is 11.3. The Bertz CT molecular complexity index is 538. The van der Waals surface area contributed by atoms with Gasteiger partial charge in [0.05, 0.1) is 13.2 Å². The van der Waals surface area contributed by atoms with E-state index in [9.17, 15) is 4.39 Å². The minimum absolute atomic E-state index is 0.232. The molecule has 0 fully saturated rings. The highest BCUT2D eigenvalue weighted by Crippen LogP contribution is 2.29. The second-order valence-electron chi connectivity index (χ2n) is 4.03. The molecule has 0 aliphatic carbocycles. The van der Waals surface area contributed by atoms with Crippen LogP contribution < -0.4 is 10.5 Å². The number of rotatable bonds is 4. The Kier molecular flexibility index (Phi) is 3.99. The molecule has 96 valence electrons. The van der Waals surface area contributed by atoms with Crippen LogP contribution in [0.5, 0.6) is 5.75 Å². The Morgan fingerprint density at radius 3 is 2.72 bits per heavy atom. The zero-order chi connectivity index (χ0) is 13.1. The molecule has 1 atom stereocenters. The van der Waals surface area contributed by atoms with Crippen LogP contribution in [0.1, 0.15) is 28.3 Å². The topological polar surface area (TPSA) is 35.2 Å². The Morgan fingerprint density at radius 2 is 2.11 bits per heavy atom. The number of hydrogen-bond acceptors (Lipinski definition) is 3. The number of methoxy groups -OCH3 is 1. The van der Waals surface area contributed by atoms with Crippen LogP contribution in [0.4, 0.5) is 4.39 Å². The molecule has 0 amide bonds. The molecule has 1 heterocycles. The van der Waals surface area contributed by atoms with Crippen LogP contribution in [0, 0.1) is 5.82 Å². The fourth-order valence-corrected chi connectivity index (χ4v) is 2.77. The lowest BCUT2D eigenvalue weighted by molar-refractivity contribution is 0.385. The van der Waals surface area contributed by atoms with Gasteiger partial charge in [-0.3, -0.25) is 0 Å². The summed E-state index contributed by atoms with van der Waals surface area (Å²) >= 11 is 1.69. The number of aryl methyl sites for hydroxylation is 1. The lowest BCUT2D eigenvalue weighted by Gasteiger charge is -2.12. The van der Waals surface area contributed by atoms with Crippen molar-refractivity contribution in [2.45, 2.75) is 19.4 Å². The van der Waals surface area contributed by atoms with Crippen LogP contribution in [0.25, 0.3) is 0 Å². The predicted molar refractivity (Wildman–Crippen MR) is 72.7 cm³/mol. The minimum atomic E-state index is -0.367. The second-order valence-corrected chi connectivity index (χ2v) is 5.23. The Balaban J connectivity index is 2.30. The van der Waals surface area contributed by atoms with E-state index in [0.717, 1.165) is 16.9 Å². The fourth-order valence-electron chi connectivity index (χ4n) is 1.79. The molecule has 1 unspecified atom stereocenters. The van der Waals surface area contributed by atoms with Crippen molar-refractivity contribution in [2.75, 3.05) is 7.11 Å². The normalized spacial score (nSPS) is 12.4. The van der Waals surface area contributed by atoms with Gasteiger partial charge in [-0.2, -0.15) is 0 Å². The van der Waals surface area contributed by atoms with E-state index >= 15 is 0 Å². The Morgan fingerprint density at radius 1 is 1.33 bits per heavy atom. The molecule has 0 aliphatic rings. The van der Waals surface area contributed by atoms with Crippen LogP contribution in [0.2, 0.25) is 0 Å². The number of halogens is 1. The molecule has 0 aliphatic heterocycles. The smallest absolute Gasteiger partial charge is 0.165 e. The number of benzene rings is 1. The molecule has 0 saturated carbocycles. The van der Waals surface area contributed by atoms with Gasteiger partial charge in [-0.05, 0) is 36.2 Å². The first-order chi connectivity index (χ1) is 8.65. The molecule has 0 bridgehead atoms. The maximum Gasteiger partial charge on any atom is 0.165 e. The van der Waals surface area contributed by atoms with Crippen molar-refractivity contribution >= 4 is 11.3 Å². The number of ether oxygens (including phenoxy) is 1. The molecule has 2 nitrogen and oxygen atoms in total. The molecule has 1 aromatic heterocycles. The molecule has 2 rings (SSSR count). The van der Waals surface area contributed by atoms with Crippen molar-refractivity contribution < 1.29 is 9.13 Å². The SMILES string of the molecule is CCc1ccc(C(N)c2ccc(F)c(OC)c2)s1. The van der Waals surface area contributed by atoms with Gasteiger partial charge in [-0.1, -0.05) is 13.0 Å².